The maximum Gasteiger partial charge on any atom is 0.417 e. The van der Waals surface area contributed by atoms with Gasteiger partial charge in [0.15, 0.2) is 6.04 Å². The molecule has 0 saturated heterocycles. The Labute approximate surface area is 232 Å². The fourth-order valence-corrected chi connectivity index (χ4v) is 4.50. The lowest BCUT2D eigenvalue weighted by Gasteiger charge is -2.29. The van der Waals surface area contributed by atoms with Gasteiger partial charge in [-0.05, 0) is 55.0 Å². The maximum absolute atomic E-state index is 14.3. The fourth-order valence-electron chi connectivity index (χ4n) is 4.50. The predicted octanol–water partition coefficient (Wildman–Crippen LogP) is 6.18. The summed E-state index contributed by atoms with van der Waals surface area (Å²) in [6, 6.07) is 11.6. The Morgan fingerprint density at radius 3 is 2.59 bits per heavy atom. The summed E-state index contributed by atoms with van der Waals surface area (Å²) in [5.41, 5.74) is 0.575. The van der Waals surface area contributed by atoms with Crippen LogP contribution >= 0.6 is 0 Å². The maximum atomic E-state index is 14.3. The fraction of sp³-hybridized carbons (Fsp3) is 0.241. The van der Waals surface area contributed by atoms with E-state index in [0.29, 0.717) is 29.2 Å². The van der Waals surface area contributed by atoms with E-state index in [-0.39, 0.29) is 35.9 Å². The second-order valence-corrected chi connectivity index (χ2v) is 9.24. The van der Waals surface area contributed by atoms with Crippen molar-refractivity contribution < 1.29 is 31.8 Å². The Kier molecular flexibility index (Phi) is 7.73. The number of H-pyrrole nitrogens is 1. The number of fused-ring (bicyclic) bond motifs is 1. The van der Waals surface area contributed by atoms with Gasteiger partial charge in [0.25, 0.3) is 0 Å². The number of esters is 1. The monoisotopic (exact) mass is 567 g/mol. The summed E-state index contributed by atoms with van der Waals surface area (Å²) >= 11 is 0. The molecule has 212 valence electrons. The normalized spacial score (nSPS) is 13.6. The first-order valence-corrected chi connectivity index (χ1v) is 12.7. The molecule has 2 aromatic carbocycles. The van der Waals surface area contributed by atoms with Crippen molar-refractivity contribution in [2.75, 3.05) is 13.7 Å². The standard InChI is InChI=1S/C29H25F4N5O3/c1-3-14-41-17-8-9-18(20(15-17)29(31,32)33)22-10-11-24(37-36-22)26(28(39)40-2)38-13-12-23-25(16-38)35-27(34-23)19-6-4-5-7-21(19)30/h4-13,15,26H,3,14,16H2,1-2H3,(H,34,35). The van der Waals surface area contributed by atoms with Crippen molar-refractivity contribution in [2.45, 2.75) is 32.1 Å². The van der Waals surface area contributed by atoms with E-state index in [1.54, 1.807) is 35.4 Å². The van der Waals surface area contributed by atoms with E-state index in [1.165, 1.54) is 37.4 Å². The van der Waals surface area contributed by atoms with Gasteiger partial charge in [0.05, 0.1) is 54.2 Å². The smallest absolute Gasteiger partial charge is 0.417 e. The summed E-state index contributed by atoms with van der Waals surface area (Å²) in [4.78, 5) is 22.0. The molecule has 1 atom stereocenters. The molecule has 1 unspecified atom stereocenters. The average molecular weight is 568 g/mol. The topological polar surface area (TPSA) is 93.2 Å². The minimum Gasteiger partial charge on any atom is -0.494 e. The number of carbonyl (C=O) groups excluding carboxylic acids is 1. The number of hydrogen-bond acceptors (Lipinski definition) is 7. The number of nitrogens with zero attached hydrogens (tertiary/aromatic N) is 4. The molecule has 0 radical (unpaired) electrons. The van der Waals surface area contributed by atoms with Crippen molar-refractivity contribution >= 4 is 12.0 Å². The largest absolute Gasteiger partial charge is 0.494 e. The van der Waals surface area contributed by atoms with Crippen LogP contribution in [0.5, 0.6) is 5.75 Å². The SMILES string of the molecule is CCCOc1ccc(-c2ccc(C(C(=O)OC)N3C=Cc4nc(-c5ccccc5F)[nH]c4C3)nn2)c(C(F)(F)F)c1. The first-order chi connectivity index (χ1) is 19.7. The summed E-state index contributed by atoms with van der Waals surface area (Å²) in [5, 5.41) is 8.15. The van der Waals surface area contributed by atoms with Gasteiger partial charge in [-0.15, -0.1) is 0 Å². The molecule has 0 spiro atoms. The summed E-state index contributed by atoms with van der Waals surface area (Å²) < 4.78 is 66.3. The number of halogens is 4. The second-order valence-electron chi connectivity index (χ2n) is 9.24. The molecule has 0 saturated carbocycles. The number of imidazole rings is 1. The summed E-state index contributed by atoms with van der Waals surface area (Å²) in [5.74, 6) is -0.641. The Morgan fingerprint density at radius 2 is 1.90 bits per heavy atom. The minimum atomic E-state index is -4.66. The van der Waals surface area contributed by atoms with E-state index in [9.17, 15) is 22.4 Å². The number of ether oxygens (including phenoxy) is 2. The highest BCUT2D eigenvalue weighted by Gasteiger charge is 2.35. The Bertz CT molecular complexity index is 1580. The summed E-state index contributed by atoms with van der Waals surface area (Å²) in [6.07, 6.45) is -0.715. The number of benzene rings is 2. The van der Waals surface area contributed by atoms with Gasteiger partial charge in [-0.25, -0.2) is 14.2 Å². The number of carbonyl (C=O) groups is 1. The quantitative estimate of drug-likeness (QED) is 0.201. The molecule has 0 fully saturated rings. The Balaban J connectivity index is 1.43. The van der Waals surface area contributed by atoms with Crippen LogP contribution in [0.2, 0.25) is 0 Å². The molecule has 0 bridgehead atoms. The van der Waals surface area contributed by atoms with E-state index >= 15 is 0 Å². The minimum absolute atomic E-state index is 0.0219. The highest BCUT2D eigenvalue weighted by atomic mass is 19.4. The van der Waals surface area contributed by atoms with Crippen molar-refractivity contribution in [1.82, 2.24) is 25.1 Å². The van der Waals surface area contributed by atoms with Crippen molar-refractivity contribution in [2.24, 2.45) is 0 Å². The van der Waals surface area contributed by atoms with Crippen LogP contribution in [-0.2, 0) is 22.3 Å². The second kappa shape index (κ2) is 11.4. The van der Waals surface area contributed by atoms with Gasteiger partial charge < -0.3 is 19.4 Å². The lowest BCUT2D eigenvalue weighted by molar-refractivity contribution is -0.146. The number of aromatic amines is 1. The molecular formula is C29H25F4N5O3. The molecule has 8 nitrogen and oxygen atoms in total. The van der Waals surface area contributed by atoms with E-state index in [0.717, 1.165) is 6.07 Å². The average Bonchev–Trinajstić information content (AvgIpc) is 3.39. The molecule has 1 N–H and O–H groups in total. The van der Waals surface area contributed by atoms with Crippen molar-refractivity contribution in [1.29, 1.82) is 0 Å². The van der Waals surface area contributed by atoms with Gasteiger partial charge in [-0.3, -0.25) is 0 Å². The van der Waals surface area contributed by atoms with Crippen LogP contribution in [0.3, 0.4) is 0 Å². The molecule has 1 aliphatic heterocycles. The van der Waals surface area contributed by atoms with Gasteiger partial charge in [-0.1, -0.05) is 19.1 Å². The van der Waals surface area contributed by atoms with Crippen LogP contribution in [0.25, 0.3) is 28.7 Å². The third-order valence-corrected chi connectivity index (χ3v) is 6.47. The lowest BCUT2D eigenvalue weighted by Crippen LogP contribution is -2.33. The van der Waals surface area contributed by atoms with Crippen molar-refractivity contribution in [3.8, 4) is 28.4 Å². The molecule has 0 amide bonds. The van der Waals surface area contributed by atoms with Gasteiger partial charge in [0.2, 0.25) is 0 Å². The summed E-state index contributed by atoms with van der Waals surface area (Å²) in [7, 11) is 1.22. The van der Waals surface area contributed by atoms with Crippen LogP contribution < -0.4 is 4.74 Å². The first-order valence-electron chi connectivity index (χ1n) is 12.7. The molecular weight excluding hydrogens is 542 g/mol. The van der Waals surface area contributed by atoms with Crippen LogP contribution in [0.4, 0.5) is 17.6 Å². The molecule has 1 aliphatic rings. The molecule has 41 heavy (non-hydrogen) atoms. The Hall–Kier alpha value is -4.74. The summed E-state index contributed by atoms with van der Waals surface area (Å²) in [6.45, 7) is 2.32. The number of aromatic nitrogens is 4. The molecule has 5 rings (SSSR count). The van der Waals surface area contributed by atoms with Crippen LogP contribution in [0.15, 0.2) is 60.8 Å². The zero-order valence-corrected chi connectivity index (χ0v) is 22.1. The van der Waals surface area contributed by atoms with Gasteiger partial charge in [0, 0.05) is 11.8 Å². The van der Waals surface area contributed by atoms with E-state index in [4.69, 9.17) is 9.47 Å². The van der Waals surface area contributed by atoms with Crippen molar-refractivity contribution in [3.05, 3.63) is 89.3 Å². The molecule has 2 aromatic heterocycles. The van der Waals surface area contributed by atoms with Crippen LogP contribution in [0.1, 0.15) is 42.0 Å². The Morgan fingerprint density at radius 1 is 1.10 bits per heavy atom. The van der Waals surface area contributed by atoms with E-state index in [2.05, 4.69) is 20.2 Å². The van der Waals surface area contributed by atoms with Gasteiger partial charge in [0.1, 0.15) is 17.4 Å². The zero-order chi connectivity index (χ0) is 29.1. The third-order valence-electron chi connectivity index (χ3n) is 6.47. The van der Waals surface area contributed by atoms with E-state index < -0.39 is 29.6 Å². The molecule has 4 aromatic rings. The highest BCUT2D eigenvalue weighted by Crippen LogP contribution is 2.39. The number of hydrogen-bond donors (Lipinski definition) is 1. The van der Waals surface area contributed by atoms with Gasteiger partial charge >= 0.3 is 12.1 Å². The highest BCUT2D eigenvalue weighted by molar-refractivity contribution is 5.78. The van der Waals surface area contributed by atoms with Crippen molar-refractivity contribution in [3.63, 3.8) is 0 Å². The van der Waals surface area contributed by atoms with Crippen LogP contribution in [-0.4, -0.2) is 44.8 Å². The molecule has 12 heteroatoms. The molecule has 0 aliphatic carbocycles. The van der Waals surface area contributed by atoms with Gasteiger partial charge in [-0.2, -0.15) is 23.4 Å². The van der Waals surface area contributed by atoms with E-state index in [1.807, 2.05) is 6.92 Å². The zero-order valence-electron chi connectivity index (χ0n) is 22.1. The third kappa shape index (κ3) is 5.76. The lowest BCUT2D eigenvalue weighted by atomic mass is 10.0. The number of nitrogens with one attached hydrogen (secondary N) is 1. The first kappa shape index (κ1) is 27.8. The number of rotatable bonds is 8. The molecule has 3 heterocycles. The predicted molar refractivity (Wildman–Crippen MR) is 142 cm³/mol. The van der Waals surface area contributed by atoms with Crippen LogP contribution in [0, 0.1) is 5.82 Å². The number of alkyl halides is 3. The number of methoxy groups -OCH3 is 1.